The Kier molecular flexibility index (Phi) is 5.22. The second kappa shape index (κ2) is 7.29. The summed E-state index contributed by atoms with van der Waals surface area (Å²) >= 11 is 0. The van der Waals surface area contributed by atoms with Gasteiger partial charge in [-0.15, -0.1) is 0 Å². The van der Waals surface area contributed by atoms with Gasteiger partial charge < -0.3 is 24.0 Å². The van der Waals surface area contributed by atoms with Gasteiger partial charge in [0.2, 0.25) is 0 Å². The fourth-order valence-corrected chi connectivity index (χ4v) is 3.48. The number of nitrogens with zero attached hydrogens (tertiary/aromatic N) is 2. The fourth-order valence-electron chi connectivity index (χ4n) is 3.48. The summed E-state index contributed by atoms with van der Waals surface area (Å²) in [5.41, 5.74) is 1.95. The smallest absolute Gasteiger partial charge is 0.410 e. The van der Waals surface area contributed by atoms with Crippen LogP contribution in [0.3, 0.4) is 0 Å². The van der Waals surface area contributed by atoms with Crippen LogP contribution in [0.15, 0.2) is 12.1 Å². The minimum atomic E-state index is -0.503. The highest BCUT2D eigenvalue weighted by Gasteiger charge is 2.37. The van der Waals surface area contributed by atoms with Crippen LogP contribution in [0.1, 0.15) is 50.5 Å². The van der Waals surface area contributed by atoms with Crippen molar-refractivity contribution >= 4 is 17.7 Å². The van der Waals surface area contributed by atoms with E-state index in [1.807, 2.05) is 40.7 Å². The van der Waals surface area contributed by atoms with Crippen molar-refractivity contribution in [2.75, 3.05) is 31.1 Å². The number of hydrogen-bond acceptors (Lipinski definition) is 6. The second-order valence-corrected chi connectivity index (χ2v) is 7.64. The monoisotopic (exact) mass is 376 g/mol. The Balaban J connectivity index is 0.00000102. The Hall–Kier alpha value is -2.44. The zero-order valence-electron chi connectivity index (χ0n) is 16.7. The van der Waals surface area contributed by atoms with Crippen LogP contribution in [0.2, 0.25) is 0 Å². The van der Waals surface area contributed by atoms with E-state index in [4.69, 9.17) is 14.2 Å². The zero-order valence-corrected chi connectivity index (χ0v) is 16.7. The van der Waals surface area contributed by atoms with E-state index in [2.05, 4.69) is 4.90 Å². The van der Waals surface area contributed by atoms with E-state index in [-0.39, 0.29) is 18.1 Å². The molecule has 1 aromatic rings. The maximum Gasteiger partial charge on any atom is 0.410 e. The molecule has 3 aliphatic heterocycles. The molecule has 1 atom stereocenters. The van der Waals surface area contributed by atoms with Crippen molar-refractivity contribution in [1.29, 1.82) is 0 Å². The lowest BCUT2D eigenvalue weighted by Gasteiger charge is -2.45. The van der Waals surface area contributed by atoms with Gasteiger partial charge in [0, 0.05) is 25.2 Å². The van der Waals surface area contributed by atoms with Crippen LogP contribution >= 0.6 is 0 Å². The van der Waals surface area contributed by atoms with Crippen molar-refractivity contribution in [1.82, 2.24) is 4.90 Å². The number of cyclic esters (lactones) is 1. The molecule has 7 heteroatoms. The number of carbonyl (C=O) groups excluding carboxylic acids is 2. The normalized spacial score (nSPS) is 20.3. The molecular weight excluding hydrogens is 348 g/mol. The highest BCUT2D eigenvalue weighted by atomic mass is 16.6. The minimum absolute atomic E-state index is 0.0739. The highest BCUT2D eigenvalue weighted by Crippen LogP contribution is 2.39. The van der Waals surface area contributed by atoms with Gasteiger partial charge in [-0.2, -0.15) is 0 Å². The van der Waals surface area contributed by atoms with Crippen LogP contribution in [0.5, 0.6) is 5.75 Å². The number of piperazine rings is 1. The van der Waals surface area contributed by atoms with Crippen LogP contribution in [0, 0.1) is 0 Å². The molecule has 3 aliphatic rings. The van der Waals surface area contributed by atoms with Crippen molar-refractivity contribution in [2.45, 2.75) is 52.9 Å². The largest absolute Gasteiger partial charge is 0.489 e. The first-order valence-corrected chi connectivity index (χ1v) is 9.53. The molecule has 0 aliphatic carbocycles. The number of amides is 1. The van der Waals surface area contributed by atoms with E-state index < -0.39 is 5.60 Å². The summed E-state index contributed by atoms with van der Waals surface area (Å²) in [6, 6.07) is 3.83. The highest BCUT2D eigenvalue weighted by molar-refractivity contribution is 5.95. The summed E-state index contributed by atoms with van der Waals surface area (Å²) in [6.45, 7) is 12.2. The van der Waals surface area contributed by atoms with Crippen molar-refractivity contribution in [3.8, 4) is 5.75 Å². The lowest BCUT2D eigenvalue weighted by atomic mass is 10.0. The van der Waals surface area contributed by atoms with Crippen LogP contribution < -0.4 is 9.64 Å². The molecule has 148 valence electrons. The summed E-state index contributed by atoms with van der Waals surface area (Å²) < 4.78 is 16.4. The Morgan fingerprint density at radius 3 is 2.63 bits per heavy atom. The molecule has 1 aromatic carbocycles. The van der Waals surface area contributed by atoms with E-state index in [1.165, 1.54) is 0 Å². The van der Waals surface area contributed by atoms with E-state index >= 15 is 0 Å². The topological polar surface area (TPSA) is 68.3 Å². The van der Waals surface area contributed by atoms with Crippen molar-refractivity contribution in [3.05, 3.63) is 23.3 Å². The number of ether oxygens (including phenoxy) is 3. The molecule has 3 heterocycles. The number of hydrogen-bond donors (Lipinski definition) is 0. The molecule has 0 aromatic heterocycles. The third kappa shape index (κ3) is 3.82. The number of carbonyl (C=O) groups is 2. The maximum atomic E-state index is 12.3. The van der Waals surface area contributed by atoms with Crippen LogP contribution in [0.4, 0.5) is 10.5 Å². The first-order chi connectivity index (χ1) is 12.8. The van der Waals surface area contributed by atoms with Gasteiger partial charge in [0.25, 0.3) is 0 Å². The van der Waals surface area contributed by atoms with E-state index in [9.17, 15) is 9.59 Å². The van der Waals surface area contributed by atoms with Crippen LogP contribution in [0.25, 0.3) is 0 Å². The third-order valence-electron chi connectivity index (χ3n) is 4.64. The standard InChI is InChI=1S/C18H22N2O5.C2H6/c1-18(2,3)25-17(22)19-4-5-20-12(8-19)10-23-15-7-13-11(6-14(15)20)9-24-16(13)21;1-2/h6-7,12H,4-5,8-10H2,1-3H3;1-2H3. The molecule has 1 unspecified atom stereocenters. The summed E-state index contributed by atoms with van der Waals surface area (Å²) in [7, 11) is 0. The van der Waals surface area contributed by atoms with Gasteiger partial charge in [0.15, 0.2) is 0 Å². The zero-order chi connectivity index (χ0) is 19.8. The Labute approximate surface area is 160 Å². The second-order valence-electron chi connectivity index (χ2n) is 7.64. The van der Waals surface area contributed by atoms with Gasteiger partial charge in [-0.05, 0) is 32.9 Å². The van der Waals surface area contributed by atoms with Crippen molar-refractivity contribution in [2.24, 2.45) is 0 Å². The summed E-state index contributed by atoms with van der Waals surface area (Å²) in [5.74, 6) is 0.415. The minimum Gasteiger partial charge on any atom is -0.489 e. The summed E-state index contributed by atoms with van der Waals surface area (Å²) in [5, 5.41) is 0. The molecule has 0 spiro atoms. The fraction of sp³-hybridized carbons (Fsp3) is 0.600. The predicted octanol–water partition coefficient (Wildman–Crippen LogP) is 3.20. The molecule has 0 saturated carbocycles. The van der Waals surface area contributed by atoms with Gasteiger partial charge in [-0.1, -0.05) is 13.8 Å². The summed E-state index contributed by atoms with van der Waals surface area (Å²) in [4.78, 5) is 28.0. The van der Waals surface area contributed by atoms with Crippen LogP contribution in [-0.4, -0.2) is 54.8 Å². The molecular formula is C20H28N2O5. The Morgan fingerprint density at radius 2 is 1.93 bits per heavy atom. The van der Waals surface area contributed by atoms with Crippen molar-refractivity contribution in [3.63, 3.8) is 0 Å². The van der Waals surface area contributed by atoms with Crippen molar-refractivity contribution < 1.29 is 23.8 Å². The maximum absolute atomic E-state index is 12.3. The van der Waals surface area contributed by atoms with Gasteiger partial charge in [-0.3, -0.25) is 0 Å². The molecule has 1 fully saturated rings. The summed E-state index contributed by atoms with van der Waals surface area (Å²) in [6.07, 6.45) is -0.286. The molecule has 27 heavy (non-hydrogen) atoms. The number of esters is 1. The third-order valence-corrected chi connectivity index (χ3v) is 4.64. The molecule has 1 saturated heterocycles. The van der Waals surface area contributed by atoms with E-state index in [0.717, 1.165) is 11.3 Å². The van der Waals surface area contributed by atoms with Crippen LogP contribution in [-0.2, 0) is 16.1 Å². The average molecular weight is 376 g/mol. The Bertz CT molecular complexity index is 741. The predicted molar refractivity (Wildman–Crippen MR) is 101 cm³/mol. The van der Waals surface area contributed by atoms with E-state index in [1.54, 1.807) is 11.0 Å². The lowest BCUT2D eigenvalue weighted by Crippen LogP contribution is -2.59. The van der Waals surface area contributed by atoms with Gasteiger partial charge in [-0.25, -0.2) is 9.59 Å². The quantitative estimate of drug-likeness (QED) is 0.648. The van der Waals surface area contributed by atoms with E-state index in [0.29, 0.717) is 44.2 Å². The molecule has 0 N–H and O–H groups in total. The lowest BCUT2D eigenvalue weighted by molar-refractivity contribution is 0.0194. The first kappa shape index (κ1) is 19.3. The van der Waals surface area contributed by atoms with Gasteiger partial charge >= 0.3 is 12.1 Å². The van der Waals surface area contributed by atoms with Gasteiger partial charge in [0.1, 0.15) is 24.6 Å². The molecule has 7 nitrogen and oxygen atoms in total. The SMILES string of the molecule is CC.CC(C)(C)OC(=O)N1CCN2c3cc4c(cc3OCC2C1)C(=O)OC4. The molecule has 0 bridgehead atoms. The number of fused-ring (bicyclic) bond motifs is 4. The first-order valence-electron chi connectivity index (χ1n) is 9.53. The number of rotatable bonds is 0. The van der Waals surface area contributed by atoms with Gasteiger partial charge in [0.05, 0.1) is 17.3 Å². The molecule has 4 rings (SSSR count). The average Bonchev–Trinajstić information content (AvgIpc) is 3.00. The molecule has 1 amide bonds. The molecule has 0 radical (unpaired) electrons. The Morgan fingerprint density at radius 1 is 1.19 bits per heavy atom. The number of benzene rings is 1. The number of anilines is 1.